The minimum atomic E-state index is -0.311. The van der Waals surface area contributed by atoms with Crippen LogP contribution < -0.4 is 0 Å². The maximum Gasteiger partial charge on any atom is 0.317 e. The summed E-state index contributed by atoms with van der Waals surface area (Å²) in [7, 11) is 0. The standard InChI is InChI=1S/C11H17NO2/c1-2-14-10(13)11-6-4-3-5-9(11)12-8-7-11/h2-8H2,1H3. The lowest BCUT2D eigenvalue weighted by Crippen LogP contribution is -2.40. The highest BCUT2D eigenvalue weighted by atomic mass is 16.5. The van der Waals surface area contributed by atoms with Gasteiger partial charge in [-0.25, -0.2) is 0 Å². The predicted octanol–water partition coefficient (Wildman–Crippen LogP) is 1.95. The molecular weight excluding hydrogens is 178 g/mol. The Morgan fingerprint density at radius 2 is 2.36 bits per heavy atom. The summed E-state index contributed by atoms with van der Waals surface area (Å²) < 4.78 is 5.17. The lowest BCUT2D eigenvalue weighted by atomic mass is 9.72. The van der Waals surface area contributed by atoms with E-state index < -0.39 is 0 Å². The third-order valence-electron chi connectivity index (χ3n) is 3.33. The molecule has 3 nitrogen and oxygen atoms in total. The van der Waals surface area contributed by atoms with E-state index in [0.29, 0.717) is 6.61 Å². The van der Waals surface area contributed by atoms with Gasteiger partial charge in [0.1, 0.15) is 5.41 Å². The van der Waals surface area contributed by atoms with Crippen LogP contribution in [-0.4, -0.2) is 24.8 Å². The van der Waals surface area contributed by atoms with Gasteiger partial charge >= 0.3 is 5.97 Å². The molecule has 1 unspecified atom stereocenters. The van der Waals surface area contributed by atoms with E-state index >= 15 is 0 Å². The number of ether oxygens (including phenoxy) is 1. The van der Waals surface area contributed by atoms with Crippen molar-refractivity contribution in [1.82, 2.24) is 0 Å². The summed E-state index contributed by atoms with van der Waals surface area (Å²) in [6.07, 6.45) is 5.14. The average Bonchev–Trinajstić information content (AvgIpc) is 2.62. The topological polar surface area (TPSA) is 38.7 Å². The van der Waals surface area contributed by atoms with Crippen LogP contribution in [0, 0.1) is 5.41 Å². The lowest BCUT2D eigenvalue weighted by molar-refractivity contribution is -0.151. The molecule has 1 fully saturated rings. The molecule has 0 spiro atoms. The van der Waals surface area contributed by atoms with Crippen molar-refractivity contribution in [2.45, 2.75) is 39.0 Å². The quantitative estimate of drug-likeness (QED) is 0.632. The van der Waals surface area contributed by atoms with Crippen LogP contribution in [0.4, 0.5) is 0 Å². The first-order valence-electron chi connectivity index (χ1n) is 5.50. The molecule has 1 heterocycles. The van der Waals surface area contributed by atoms with E-state index in [1.807, 2.05) is 6.92 Å². The van der Waals surface area contributed by atoms with Gasteiger partial charge in [-0.05, 0) is 32.6 Å². The van der Waals surface area contributed by atoms with E-state index in [9.17, 15) is 4.79 Å². The van der Waals surface area contributed by atoms with Crippen LogP contribution in [0.15, 0.2) is 4.99 Å². The van der Waals surface area contributed by atoms with Crippen molar-refractivity contribution >= 4 is 11.7 Å². The Morgan fingerprint density at radius 1 is 1.50 bits per heavy atom. The summed E-state index contributed by atoms with van der Waals surface area (Å²) >= 11 is 0. The zero-order valence-corrected chi connectivity index (χ0v) is 8.71. The fourth-order valence-corrected chi connectivity index (χ4v) is 2.58. The molecule has 3 heteroatoms. The summed E-state index contributed by atoms with van der Waals surface area (Å²) in [5.41, 5.74) is 0.802. The molecule has 0 bridgehead atoms. The fourth-order valence-electron chi connectivity index (χ4n) is 2.58. The molecule has 0 aromatic carbocycles. The number of hydrogen-bond acceptors (Lipinski definition) is 3. The Kier molecular flexibility index (Phi) is 2.57. The zero-order chi connectivity index (χ0) is 10.0. The van der Waals surface area contributed by atoms with Crippen LogP contribution in [-0.2, 0) is 9.53 Å². The highest BCUT2D eigenvalue weighted by molar-refractivity contribution is 6.08. The summed E-state index contributed by atoms with van der Waals surface area (Å²) in [5.74, 6) is -0.0315. The fraction of sp³-hybridized carbons (Fsp3) is 0.818. The molecule has 1 atom stereocenters. The average molecular weight is 195 g/mol. The molecular formula is C11H17NO2. The molecule has 2 rings (SSSR count). The Bertz CT molecular complexity index is 272. The molecule has 78 valence electrons. The molecule has 14 heavy (non-hydrogen) atoms. The van der Waals surface area contributed by atoms with E-state index in [1.165, 1.54) is 6.42 Å². The predicted molar refractivity (Wildman–Crippen MR) is 54.5 cm³/mol. The number of carbonyl (C=O) groups excluding carboxylic acids is 1. The number of hydrogen-bond donors (Lipinski definition) is 0. The molecule has 0 N–H and O–H groups in total. The summed E-state index contributed by atoms with van der Waals surface area (Å²) in [6.45, 7) is 3.16. The Labute approximate surface area is 84.5 Å². The van der Waals surface area contributed by atoms with Crippen molar-refractivity contribution in [3.05, 3.63) is 0 Å². The first-order valence-corrected chi connectivity index (χ1v) is 5.50. The maximum absolute atomic E-state index is 11.9. The van der Waals surface area contributed by atoms with Crippen molar-refractivity contribution in [1.29, 1.82) is 0 Å². The highest BCUT2D eigenvalue weighted by Crippen LogP contribution is 2.41. The smallest absolute Gasteiger partial charge is 0.317 e. The molecule has 0 saturated heterocycles. The maximum atomic E-state index is 11.9. The van der Waals surface area contributed by atoms with Gasteiger partial charge in [0.25, 0.3) is 0 Å². The van der Waals surface area contributed by atoms with Gasteiger partial charge in [-0.3, -0.25) is 9.79 Å². The van der Waals surface area contributed by atoms with Gasteiger partial charge in [-0.1, -0.05) is 6.42 Å². The van der Waals surface area contributed by atoms with Crippen molar-refractivity contribution in [3.8, 4) is 0 Å². The van der Waals surface area contributed by atoms with Crippen molar-refractivity contribution in [2.24, 2.45) is 10.4 Å². The Hall–Kier alpha value is -0.860. The van der Waals surface area contributed by atoms with Gasteiger partial charge in [-0.2, -0.15) is 0 Å². The summed E-state index contributed by atoms with van der Waals surface area (Å²) in [6, 6.07) is 0. The third-order valence-corrected chi connectivity index (χ3v) is 3.33. The van der Waals surface area contributed by atoms with E-state index in [-0.39, 0.29) is 11.4 Å². The van der Waals surface area contributed by atoms with Crippen LogP contribution in [0.1, 0.15) is 39.0 Å². The van der Waals surface area contributed by atoms with Gasteiger partial charge in [0.2, 0.25) is 0 Å². The van der Waals surface area contributed by atoms with Crippen LogP contribution in [0.25, 0.3) is 0 Å². The van der Waals surface area contributed by atoms with Gasteiger partial charge in [0, 0.05) is 12.3 Å². The Morgan fingerprint density at radius 3 is 3.14 bits per heavy atom. The van der Waals surface area contributed by atoms with Crippen molar-refractivity contribution in [3.63, 3.8) is 0 Å². The normalized spacial score (nSPS) is 30.8. The monoisotopic (exact) mass is 195 g/mol. The van der Waals surface area contributed by atoms with E-state index in [4.69, 9.17) is 4.74 Å². The molecule has 1 saturated carbocycles. The van der Waals surface area contributed by atoms with Gasteiger partial charge < -0.3 is 4.74 Å². The van der Waals surface area contributed by atoms with Crippen LogP contribution in [0.3, 0.4) is 0 Å². The molecule has 1 aliphatic heterocycles. The number of esters is 1. The molecule has 0 aromatic rings. The number of rotatable bonds is 2. The minimum Gasteiger partial charge on any atom is -0.465 e. The van der Waals surface area contributed by atoms with Crippen LogP contribution in [0.2, 0.25) is 0 Å². The van der Waals surface area contributed by atoms with E-state index in [0.717, 1.165) is 37.9 Å². The lowest BCUT2D eigenvalue weighted by Gasteiger charge is -2.31. The van der Waals surface area contributed by atoms with Gasteiger partial charge in [-0.15, -0.1) is 0 Å². The van der Waals surface area contributed by atoms with E-state index in [2.05, 4.69) is 4.99 Å². The number of carbonyl (C=O) groups is 1. The minimum absolute atomic E-state index is 0.0315. The first kappa shape index (κ1) is 9.69. The molecule has 0 aromatic heterocycles. The number of aliphatic imine (C=N–C) groups is 1. The number of nitrogens with zero attached hydrogens (tertiary/aromatic N) is 1. The Balaban J connectivity index is 2.19. The second kappa shape index (κ2) is 3.71. The first-order chi connectivity index (χ1) is 6.79. The second-order valence-electron chi connectivity index (χ2n) is 4.09. The zero-order valence-electron chi connectivity index (χ0n) is 8.71. The number of fused-ring (bicyclic) bond motifs is 1. The molecule has 2 aliphatic rings. The summed E-state index contributed by atoms with van der Waals surface area (Å²) in [4.78, 5) is 16.3. The SMILES string of the molecule is CCOC(=O)C12CCCCC1=NCC2. The second-order valence-corrected chi connectivity index (χ2v) is 4.09. The van der Waals surface area contributed by atoms with Gasteiger partial charge in [0.05, 0.1) is 6.61 Å². The van der Waals surface area contributed by atoms with Crippen molar-refractivity contribution in [2.75, 3.05) is 13.2 Å². The third kappa shape index (κ3) is 1.35. The molecule has 0 radical (unpaired) electrons. The van der Waals surface area contributed by atoms with Crippen LogP contribution in [0.5, 0.6) is 0 Å². The molecule has 0 amide bonds. The highest BCUT2D eigenvalue weighted by Gasteiger charge is 2.47. The largest absolute Gasteiger partial charge is 0.465 e. The van der Waals surface area contributed by atoms with Crippen LogP contribution >= 0.6 is 0 Å². The molecule has 1 aliphatic carbocycles. The van der Waals surface area contributed by atoms with Crippen molar-refractivity contribution < 1.29 is 9.53 Å². The van der Waals surface area contributed by atoms with Gasteiger partial charge in [0.15, 0.2) is 0 Å². The van der Waals surface area contributed by atoms with E-state index in [1.54, 1.807) is 0 Å². The summed E-state index contributed by atoms with van der Waals surface area (Å²) in [5, 5.41) is 0.